The largest absolute Gasteiger partial charge is 0.489 e. The molecular weight excluding hydrogens is 383 g/mol. The third-order valence-electron chi connectivity index (χ3n) is 5.61. The van der Waals surface area contributed by atoms with Crippen LogP contribution in [0.25, 0.3) is 0 Å². The van der Waals surface area contributed by atoms with Gasteiger partial charge in [0, 0.05) is 32.5 Å². The fourth-order valence-corrected chi connectivity index (χ4v) is 3.95. The van der Waals surface area contributed by atoms with Gasteiger partial charge in [-0.25, -0.2) is 9.97 Å². The van der Waals surface area contributed by atoms with Crippen molar-refractivity contribution in [3.8, 4) is 5.75 Å². The number of carbonyl (C=O) groups is 1. The summed E-state index contributed by atoms with van der Waals surface area (Å²) in [5, 5.41) is 0. The number of anilines is 2. The number of carbonyl (C=O) groups excluding carboxylic acids is 1. The van der Waals surface area contributed by atoms with Gasteiger partial charge in [0.15, 0.2) is 11.6 Å². The van der Waals surface area contributed by atoms with E-state index in [2.05, 4.69) is 16.9 Å². The standard InChI is InChI=1S/C23H31FN4O2/c1-5-27(6-2)22-21(24)23(26-15-25-22)28-12-11-20(14-28)30-19-9-7-18(8-10-19)16(3)13-17(4)29/h7-10,15-16,20H,5-6,11-14H2,1-4H3/t16-,20-/m1/s1. The molecule has 3 rings (SSSR count). The van der Waals surface area contributed by atoms with Gasteiger partial charge in [-0.3, -0.25) is 0 Å². The summed E-state index contributed by atoms with van der Waals surface area (Å²) in [5.74, 6) is 1.49. The second-order valence-corrected chi connectivity index (χ2v) is 7.86. The first-order valence-corrected chi connectivity index (χ1v) is 10.7. The fourth-order valence-electron chi connectivity index (χ4n) is 3.95. The van der Waals surface area contributed by atoms with Gasteiger partial charge in [-0.15, -0.1) is 0 Å². The lowest BCUT2D eigenvalue weighted by Crippen LogP contribution is -2.29. The van der Waals surface area contributed by atoms with Crippen molar-refractivity contribution in [2.24, 2.45) is 0 Å². The molecular formula is C23H31FN4O2. The van der Waals surface area contributed by atoms with Gasteiger partial charge in [0.25, 0.3) is 0 Å². The molecule has 7 heteroatoms. The average molecular weight is 415 g/mol. The molecule has 1 aromatic heterocycles. The van der Waals surface area contributed by atoms with Gasteiger partial charge in [0.1, 0.15) is 24.0 Å². The second kappa shape index (κ2) is 9.87. The van der Waals surface area contributed by atoms with Crippen LogP contribution in [0.15, 0.2) is 30.6 Å². The Labute approximate surface area is 178 Å². The number of rotatable bonds is 9. The molecule has 2 heterocycles. The fraction of sp³-hybridized carbons (Fsp3) is 0.522. The Hall–Kier alpha value is -2.70. The van der Waals surface area contributed by atoms with Crippen LogP contribution in [-0.4, -0.2) is 48.0 Å². The molecule has 30 heavy (non-hydrogen) atoms. The molecule has 1 aliphatic rings. The molecule has 0 spiro atoms. The summed E-state index contributed by atoms with van der Waals surface area (Å²) in [4.78, 5) is 23.5. The zero-order valence-electron chi connectivity index (χ0n) is 18.3. The highest BCUT2D eigenvalue weighted by Crippen LogP contribution is 2.29. The summed E-state index contributed by atoms with van der Waals surface area (Å²) in [6, 6.07) is 7.91. The third-order valence-corrected chi connectivity index (χ3v) is 5.61. The van der Waals surface area contributed by atoms with Crippen molar-refractivity contribution >= 4 is 17.4 Å². The molecule has 2 aromatic rings. The quantitative estimate of drug-likeness (QED) is 0.613. The first kappa shape index (κ1) is 22.0. The van der Waals surface area contributed by atoms with E-state index in [1.807, 2.05) is 47.9 Å². The van der Waals surface area contributed by atoms with Crippen molar-refractivity contribution in [1.82, 2.24) is 9.97 Å². The lowest BCUT2D eigenvalue weighted by Gasteiger charge is -2.23. The molecule has 162 valence electrons. The van der Waals surface area contributed by atoms with Gasteiger partial charge in [-0.2, -0.15) is 4.39 Å². The molecule has 0 radical (unpaired) electrons. The highest BCUT2D eigenvalue weighted by Gasteiger charge is 2.29. The molecule has 0 saturated carbocycles. The monoisotopic (exact) mass is 414 g/mol. The van der Waals surface area contributed by atoms with Gasteiger partial charge in [0.05, 0.1) is 6.54 Å². The van der Waals surface area contributed by atoms with E-state index in [1.54, 1.807) is 6.92 Å². The maximum absolute atomic E-state index is 15.0. The number of hydrogen-bond donors (Lipinski definition) is 0. The zero-order chi connectivity index (χ0) is 21.7. The number of hydrogen-bond acceptors (Lipinski definition) is 6. The smallest absolute Gasteiger partial charge is 0.208 e. The molecule has 1 aliphatic heterocycles. The minimum absolute atomic E-state index is 0.0308. The van der Waals surface area contributed by atoms with E-state index in [0.29, 0.717) is 44.2 Å². The van der Waals surface area contributed by atoms with Crippen LogP contribution >= 0.6 is 0 Å². The number of halogens is 1. The predicted molar refractivity (Wildman–Crippen MR) is 117 cm³/mol. The Morgan fingerprint density at radius 1 is 1.27 bits per heavy atom. The number of nitrogens with zero attached hydrogens (tertiary/aromatic N) is 4. The van der Waals surface area contributed by atoms with Gasteiger partial charge in [0.2, 0.25) is 5.82 Å². The van der Waals surface area contributed by atoms with E-state index < -0.39 is 0 Å². The summed E-state index contributed by atoms with van der Waals surface area (Å²) in [6.45, 7) is 10.3. The minimum atomic E-state index is -0.370. The molecule has 0 amide bonds. The highest BCUT2D eigenvalue weighted by molar-refractivity contribution is 5.76. The molecule has 0 bridgehead atoms. The maximum Gasteiger partial charge on any atom is 0.208 e. The lowest BCUT2D eigenvalue weighted by molar-refractivity contribution is -0.117. The van der Waals surface area contributed by atoms with E-state index in [9.17, 15) is 4.79 Å². The van der Waals surface area contributed by atoms with E-state index in [0.717, 1.165) is 17.7 Å². The molecule has 6 nitrogen and oxygen atoms in total. The van der Waals surface area contributed by atoms with Crippen LogP contribution in [0.1, 0.15) is 52.0 Å². The molecule has 0 aliphatic carbocycles. The second-order valence-electron chi connectivity index (χ2n) is 7.86. The zero-order valence-corrected chi connectivity index (χ0v) is 18.3. The molecule has 1 fully saturated rings. The number of Topliss-reactive ketones (excluding diaryl/α,β-unsaturated/α-hetero) is 1. The van der Waals surface area contributed by atoms with E-state index in [4.69, 9.17) is 4.74 Å². The van der Waals surface area contributed by atoms with Crippen molar-refractivity contribution in [2.45, 2.75) is 52.6 Å². The summed E-state index contributed by atoms with van der Waals surface area (Å²) in [5.41, 5.74) is 1.12. The number of ketones is 1. The normalized spacial score (nSPS) is 17.1. The molecule has 1 saturated heterocycles. The molecule has 1 aromatic carbocycles. The number of ether oxygens (including phenoxy) is 1. The van der Waals surface area contributed by atoms with Crippen LogP contribution < -0.4 is 14.5 Å². The SMILES string of the molecule is CCN(CC)c1ncnc(N2CC[C@@H](Oc3ccc([C@H](C)CC(C)=O)cc3)C2)c1F. The van der Waals surface area contributed by atoms with Crippen LogP contribution in [0.4, 0.5) is 16.0 Å². The molecule has 0 N–H and O–H groups in total. The summed E-state index contributed by atoms with van der Waals surface area (Å²) in [7, 11) is 0. The van der Waals surface area contributed by atoms with Crippen LogP contribution in [0.3, 0.4) is 0 Å². The van der Waals surface area contributed by atoms with Crippen molar-refractivity contribution in [2.75, 3.05) is 36.0 Å². The van der Waals surface area contributed by atoms with Crippen LogP contribution in [0, 0.1) is 5.82 Å². The lowest BCUT2D eigenvalue weighted by atomic mass is 9.96. The Bertz CT molecular complexity index is 855. The topological polar surface area (TPSA) is 58.6 Å². The number of aromatic nitrogens is 2. The van der Waals surface area contributed by atoms with Gasteiger partial charge < -0.3 is 19.3 Å². The summed E-state index contributed by atoms with van der Waals surface area (Å²) < 4.78 is 21.2. The Balaban J connectivity index is 1.64. The number of benzene rings is 1. The van der Waals surface area contributed by atoms with Gasteiger partial charge >= 0.3 is 0 Å². The molecule has 2 atom stereocenters. The van der Waals surface area contributed by atoms with Crippen LogP contribution in [0.2, 0.25) is 0 Å². The Kier molecular flexibility index (Phi) is 7.24. The van der Waals surface area contributed by atoms with E-state index >= 15 is 4.39 Å². The minimum Gasteiger partial charge on any atom is -0.489 e. The Morgan fingerprint density at radius 3 is 2.60 bits per heavy atom. The van der Waals surface area contributed by atoms with Crippen molar-refractivity contribution in [3.63, 3.8) is 0 Å². The predicted octanol–water partition coefficient (Wildman–Crippen LogP) is 4.20. The van der Waals surface area contributed by atoms with Crippen molar-refractivity contribution in [1.29, 1.82) is 0 Å². The molecule has 0 unspecified atom stereocenters. The van der Waals surface area contributed by atoms with E-state index in [1.165, 1.54) is 6.33 Å². The average Bonchev–Trinajstić information content (AvgIpc) is 3.18. The van der Waals surface area contributed by atoms with Crippen LogP contribution in [-0.2, 0) is 4.79 Å². The Morgan fingerprint density at radius 2 is 1.97 bits per heavy atom. The van der Waals surface area contributed by atoms with Gasteiger partial charge in [-0.05, 0) is 44.4 Å². The maximum atomic E-state index is 15.0. The summed E-state index contributed by atoms with van der Waals surface area (Å²) >= 11 is 0. The van der Waals surface area contributed by atoms with E-state index in [-0.39, 0.29) is 23.6 Å². The summed E-state index contributed by atoms with van der Waals surface area (Å²) in [6.07, 6.45) is 2.74. The van der Waals surface area contributed by atoms with Gasteiger partial charge in [-0.1, -0.05) is 19.1 Å². The van der Waals surface area contributed by atoms with Crippen LogP contribution in [0.5, 0.6) is 5.75 Å². The van der Waals surface area contributed by atoms with Crippen molar-refractivity contribution in [3.05, 3.63) is 42.0 Å². The highest BCUT2D eigenvalue weighted by atomic mass is 19.1. The first-order valence-electron chi connectivity index (χ1n) is 10.7. The third kappa shape index (κ3) is 5.07. The van der Waals surface area contributed by atoms with Crippen molar-refractivity contribution < 1.29 is 13.9 Å². The first-order chi connectivity index (χ1) is 14.4.